The average molecular weight is 274 g/mol. The standard InChI is InChI=1S/C14H18N4O2/c1-10(2)14-17-13(20-18-14)4-3-12(19)16-9-11-5-7-15-8-6-11/h5-8,10H,3-4,9H2,1-2H3,(H,16,19). The molecule has 2 rings (SSSR count). The van der Waals surface area contributed by atoms with Gasteiger partial charge in [0.05, 0.1) is 0 Å². The smallest absolute Gasteiger partial charge is 0.227 e. The molecule has 0 fully saturated rings. The summed E-state index contributed by atoms with van der Waals surface area (Å²) in [7, 11) is 0. The highest BCUT2D eigenvalue weighted by Gasteiger charge is 2.11. The summed E-state index contributed by atoms with van der Waals surface area (Å²) in [5.74, 6) is 1.38. The molecule has 20 heavy (non-hydrogen) atoms. The Kier molecular flexibility index (Phi) is 4.81. The normalized spacial score (nSPS) is 10.8. The fourth-order valence-electron chi connectivity index (χ4n) is 1.61. The van der Waals surface area contributed by atoms with E-state index in [2.05, 4.69) is 20.4 Å². The zero-order chi connectivity index (χ0) is 14.4. The van der Waals surface area contributed by atoms with Gasteiger partial charge < -0.3 is 9.84 Å². The quantitative estimate of drug-likeness (QED) is 0.869. The fourth-order valence-corrected chi connectivity index (χ4v) is 1.61. The number of aromatic nitrogens is 3. The molecule has 0 spiro atoms. The number of pyridine rings is 1. The fraction of sp³-hybridized carbons (Fsp3) is 0.429. The molecule has 0 saturated carbocycles. The number of rotatable bonds is 6. The third-order valence-electron chi connectivity index (χ3n) is 2.81. The third-order valence-corrected chi connectivity index (χ3v) is 2.81. The monoisotopic (exact) mass is 274 g/mol. The average Bonchev–Trinajstić information content (AvgIpc) is 2.93. The van der Waals surface area contributed by atoms with Crippen molar-refractivity contribution in [2.75, 3.05) is 0 Å². The van der Waals surface area contributed by atoms with Crippen molar-refractivity contribution in [1.29, 1.82) is 0 Å². The third kappa shape index (κ3) is 4.15. The maximum atomic E-state index is 11.7. The molecule has 2 aromatic rings. The Morgan fingerprint density at radius 3 is 2.75 bits per heavy atom. The van der Waals surface area contributed by atoms with Gasteiger partial charge in [0.2, 0.25) is 11.8 Å². The molecule has 0 aliphatic heterocycles. The summed E-state index contributed by atoms with van der Waals surface area (Å²) >= 11 is 0. The first-order chi connectivity index (χ1) is 9.65. The van der Waals surface area contributed by atoms with Crippen LogP contribution in [0.15, 0.2) is 29.0 Å². The number of amides is 1. The first-order valence-electron chi connectivity index (χ1n) is 6.63. The van der Waals surface area contributed by atoms with Gasteiger partial charge in [-0.05, 0) is 17.7 Å². The van der Waals surface area contributed by atoms with Gasteiger partial charge >= 0.3 is 0 Å². The van der Waals surface area contributed by atoms with E-state index >= 15 is 0 Å². The van der Waals surface area contributed by atoms with Crippen LogP contribution in [0.2, 0.25) is 0 Å². The molecule has 1 amide bonds. The second kappa shape index (κ2) is 6.79. The van der Waals surface area contributed by atoms with Crippen molar-refractivity contribution in [3.05, 3.63) is 41.8 Å². The van der Waals surface area contributed by atoms with Crippen molar-refractivity contribution in [1.82, 2.24) is 20.4 Å². The minimum atomic E-state index is -0.0360. The Morgan fingerprint density at radius 1 is 1.35 bits per heavy atom. The second-order valence-corrected chi connectivity index (χ2v) is 4.83. The molecule has 6 nitrogen and oxygen atoms in total. The van der Waals surface area contributed by atoms with Crippen LogP contribution in [0.1, 0.15) is 43.5 Å². The Labute approximate surface area is 117 Å². The zero-order valence-electron chi connectivity index (χ0n) is 11.7. The molecule has 2 aromatic heterocycles. The molecule has 0 radical (unpaired) electrons. The summed E-state index contributed by atoms with van der Waals surface area (Å²) < 4.78 is 5.09. The van der Waals surface area contributed by atoms with Crippen molar-refractivity contribution in [2.24, 2.45) is 0 Å². The molecule has 0 aliphatic carbocycles. The number of nitrogens with zero attached hydrogens (tertiary/aromatic N) is 3. The molecule has 2 heterocycles. The van der Waals surface area contributed by atoms with Gasteiger partial charge in [0.1, 0.15) is 0 Å². The van der Waals surface area contributed by atoms with Crippen LogP contribution in [0.5, 0.6) is 0 Å². The van der Waals surface area contributed by atoms with Crippen LogP contribution in [-0.2, 0) is 17.8 Å². The first kappa shape index (κ1) is 14.2. The van der Waals surface area contributed by atoms with Gasteiger partial charge in [-0.3, -0.25) is 9.78 Å². The van der Waals surface area contributed by atoms with E-state index in [4.69, 9.17) is 4.52 Å². The van der Waals surface area contributed by atoms with Crippen LogP contribution in [-0.4, -0.2) is 21.0 Å². The highest BCUT2D eigenvalue weighted by molar-refractivity contribution is 5.75. The maximum absolute atomic E-state index is 11.7. The summed E-state index contributed by atoms with van der Waals surface area (Å²) in [6.45, 7) is 4.49. The molecule has 0 aliphatic rings. The Hall–Kier alpha value is -2.24. The lowest BCUT2D eigenvalue weighted by atomic mass is 10.2. The summed E-state index contributed by atoms with van der Waals surface area (Å²) in [5, 5.41) is 6.70. The molecule has 6 heteroatoms. The lowest BCUT2D eigenvalue weighted by Crippen LogP contribution is -2.23. The zero-order valence-corrected chi connectivity index (χ0v) is 11.7. The lowest BCUT2D eigenvalue weighted by molar-refractivity contribution is -0.121. The van der Waals surface area contributed by atoms with E-state index in [0.29, 0.717) is 31.1 Å². The van der Waals surface area contributed by atoms with Gasteiger partial charge in [-0.2, -0.15) is 4.98 Å². The predicted octanol–water partition coefficient (Wildman–Crippen LogP) is 1.84. The Morgan fingerprint density at radius 2 is 2.10 bits per heavy atom. The number of nitrogens with one attached hydrogen (secondary N) is 1. The number of hydrogen-bond donors (Lipinski definition) is 1. The van der Waals surface area contributed by atoms with Crippen molar-refractivity contribution in [3.8, 4) is 0 Å². The van der Waals surface area contributed by atoms with Gasteiger partial charge in [0.25, 0.3) is 0 Å². The Balaban J connectivity index is 1.74. The number of carbonyl (C=O) groups is 1. The van der Waals surface area contributed by atoms with Crippen LogP contribution in [0.25, 0.3) is 0 Å². The SMILES string of the molecule is CC(C)c1noc(CCC(=O)NCc2ccncc2)n1. The predicted molar refractivity (Wildman–Crippen MR) is 72.8 cm³/mol. The summed E-state index contributed by atoms with van der Waals surface area (Å²) in [5.41, 5.74) is 1.02. The van der Waals surface area contributed by atoms with Gasteiger partial charge in [-0.25, -0.2) is 0 Å². The molecule has 0 unspecified atom stereocenters. The molecular weight excluding hydrogens is 256 g/mol. The van der Waals surface area contributed by atoms with Crippen molar-refractivity contribution in [2.45, 2.75) is 39.2 Å². The Bertz CT molecular complexity index is 551. The van der Waals surface area contributed by atoms with Crippen LogP contribution >= 0.6 is 0 Å². The summed E-state index contributed by atoms with van der Waals surface area (Å²) in [6.07, 6.45) is 4.20. The van der Waals surface area contributed by atoms with E-state index in [0.717, 1.165) is 5.56 Å². The highest BCUT2D eigenvalue weighted by Crippen LogP contribution is 2.10. The van der Waals surface area contributed by atoms with Crippen molar-refractivity contribution in [3.63, 3.8) is 0 Å². The molecule has 0 atom stereocenters. The van der Waals surface area contributed by atoms with Crippen LogP contribution in [0, 0.1) is 0 Å². The van der Waals surface area contributed by atoms with Gasteiger partial charge in [0, 0.05) is 37.7 Å². The van der Waals surface area contributed by atoms with Crippen molar-refractivity contribution < 1.29 is 9.32 Å². The first-order valence-corrected chi connectivity index (χ1v) is 6.63. The topological polar surface area (TPSA) is 80.9 Å². The van der Waals surface area contributed by atoms with Crippen molar-refractivity contribution >= 4 is 5.91 Å². The van der Waals surface area contributed by atoms with E-state index in [1.54, 1.807) is 12.4 Å². The minimum Gasteiger partial charge on any atom is -0.352 e. The van der Waals surface area contributed by atoms with Gasteiger partial charge in [0.15, 0.2) is 5.82 Å². The highest BCUT2D eigenvalue weighted by atomic mass is 16.5. The minimum absolute atomic E-state index is 0.0360. The molecular formula is C14H18N4O2. The van der Waals surface area contributed by atoms with E-state index in [1.807, 2.05) is 26.0 Å². The number of aryl methyl sites for hydroxylation is 1. The van der Waals surface area contributed by atoms with Crippen LogP contribution in [0.3, 0.4) is 0 Å². The maximum Gasteiger partial charge on any atom is 0.227 e. The van der Waals surface area contributed by atoms with Gasteiger partial charge in [-0.15, -0.1) is 0 Å². The molecule has 0 bridgehead atoms. The van der Waals surface area contributed by atoms with Gasteiger partial charge in [-0.1, -0.05) is 19.0 Å². The molecule has 106 valence electrons. The molecule has 0 aromatic carbocycles. The van der Waals surface area contributed by atoms with E-state index in [1.165, 1.54) is 0 Å². The van der Waals surface area contributed by atoms with E-state index in [-0.39, 0.29) is 11.8 Å². The number of hydrogen-bond acceptors (Lipinski definition) is 5. The van der Waals surface area contributed by atoms with Crippen LogP contribution in [0.4, 0.5) is 0 Å². The second-order valence-electron chi connectivity index (χ2n) is 4.83. The molecule has 0 saturated heterocycles. The lowest BCUT2D eigenvalue weighted by Gasteiger charge is -2.03. The van der Waals surface area contributed by atoms with Crippen LogP contribution < -0.4 is 5.32 Å². The number of carbonyl (C=O) groups excluding carboxylic acids is 1. The molecule has 1 N–H and O–H groups in total. The van der Waals surface area contributed by atoms with E-state index < -0.39 is 0 Å². The summed E-state index contributed by atoms with van der Waals surface area (Å²) in [4.78, 5) is 19.9. The largest absolute Gasteiger partial charge is 0.352 e. The summed E-state index contributed by atoms with van der Waals surface area (Å²) in [6, 6.07) is 3.74. The van der Waals surface area contributed by atoms with E-state index in [9.17, 15) is 4.79 Å².